The van der Waals surface area contributed by atoms with E-state index in [4.69, 9.17) is 9.47 Å². The summed E-state index contributed by atoms with van der Waals surface area (Å²) in [5.74, 6) is 1.10. The van der Waals surface area contributed by atoms with E-state index in [0.29, 0.717) is 12.8 Å². The summed E-state index contributed by atoms with van der Waals surface area (Å²) >= 11 is 0. The Kier molecular flexibility index (Phi) is 12.1. The lowest BCUT2D eigenvalue weighted by Gasteiger charge is -2.65. The van der Waals surface area contributed by atoms with Crippen molar-refractivity contribution < 1.29 is 28.7 Å². The lowest BCUT2D eigenvalue weighted by molar-refractivity contribution is -0.143. The molecule has 11 atom stereocenters. The summed E-state index contributed by atoms with van der Waals surface area (Å²) in [6, 6.07) is 18.3. The summed E-state index contributed by atoms with van der Waals surface area (Å²) in [5.41, 5.74) is 0.514. The number of fused-ring (bicyclic) bond motifs is 5. The van der Waals surface area contributed by atoms with Crippen LogP contribution in [0.5, 0.6) is 0 Å². The molecule has 5 N–H and O–H groups in total. The number of hydrogen-bond donors (Lipinski definition) is 5. The highest BCUT2D eigenvalue weighted by molar-refractivity contribution is 5.90. The third-order valence-corrected chi connectivity index (χ3v) is 14.1. The molecule has 0 aromatic heterocycles. The minimum Gasteiger partial charge on any atom is -0.469 e. The first-order chi connectivity index (χ1) is 26.1. The fraction of sp³-hybridized carbons (Fsp3) is 0.636. The number of methoxy groups -OCH3 is 1. The molecule has 4 aliphatic carbocycles. The van der Waals surface area contributed by atoms with Crippen molar-refractivity contribution in [2.75, 3.05) is 17.7 Å². The maximum Gasteiger partial charge on any atom is 0.407 e. The van der Waals surface area contributed by atoms with E-state index in [9.17, 15) is 19.2 Å². The molecule has 0 heterocycles. The number of rotatable bonds is 9. The molecule has 0 spiro atoms. The minimum absolute atomic E-state index is 0.0331. The van der Waals surface area contributed by atoms with Gasteiger partial charge in [-0.15, -0.1) is 0 Å². The third kappa shape index (κ3) is 8.91. The van der Waals surface area contributed by atoms with E-state index in [-0.39, 0.29) is 82.5 Å². The molecule has 0 bridgehead atoms. The van der Waals surface area contributed by atoms with E-state index in [1.165, 1.54) is 7.11 Å². The van der Waals surface area contributed by atoms with E-state index < -0.39 is 11.7 Å². The molecule has 300 valence electrons. The predicted molar refractivity (Wildman–Crippen MR) is 214 cm³/mol. The highest BCUT2D eigenvalue weighted by Gasteiger charge is 2.66. The van der Waals surface area contributed by atoms with Crippen LogP contribution in [0, 0.1) is 46.3 Å². The topological polar surface area (TPSA) is 147 Å². The third-order valence-electron chi connectivity index (χ3n) is 14.1. The second-order valence-corrected chi connectivity index (χ2v) is 18.3. The van der Waals surface area contributed by atoms with E-state index in [2.05, 4.69) is 47.4 Å². The average Bonchev–Trinajstić information content (AvgIpc) is 3.49. The molecule has 0 radical (unpaired) electrons. The smallest absolute Gasteiger partial charge is 0.407 e. The summed E-state index contributed by atoms with van der Waals surface area (Å²) in [6.45, 7) is 12.7. The van der Waals surface area contributed by atoms with Crippen LogP contribution in [-0.4, -0.2) is 55.0 Å². The average molecular weight is 758 g/mol. The molecule has 55 heavy (non-hydrogen) atoms. The van der Waals surface area contributed by atoms with Crippen LogP contribution in [0.1, 0.15) is 99.3 Å². The first-order valence-electron chi connectivity index (χ1n) is 20.4. The van der Waals surface area contributed by atoms with Gasteiger partial charge in [-0.1, -0.05) is 57.2 Å². The van der Waals surface area contributed by atoms with Crippen LogP contribution in [0.3, 0.4) is 0 Å². The monoisotopic (exact) mass is 757 g/mol. The van der Waals surface area contributed by atoms with E-state index in [1.54, 1.807) is 0 Å². The van der Waals surface area contributed by atoms with Crippen molar-refractivity contribution in [3.63, 3.8) is 0 Å². The van der Waals surface area contributed by atoms with Gasteiger partial charge in [-0.25, -0.2) is 14.4 Å². The number of para-hydroxylation sites is 2. The second-order valence-electron chi connectivity index (χ2n) is 18.3. The SMILES string of the molecule is COC(=O)CC[C@@H](C)[C@H]1CC[C@H]2[C@@H]3[C@H](NC(=O)Nc4ccccc4)C[C@@H]4C[C@H](NC(=O)OC(C)(C)C)CC[C@]4(C)[C@H]3C[C@H](NC(=O)Nc3ccccc3)[C@]12C. The molecule has 4 fully saturated rings. The zero-order valence-corrected chi connectivity index (χ0v) is 33.8. The standard InChI is InChI=1S/C44H63N5O6/c1-27(18-21-37(50)54-7)32-19-20-33-38-34(26-36(44(32,33)6)49-40(52)46-30-16-12-9-13-17-30)43(5)23-22-31(47-41(53)55-42(2,3)4)24-28(43)25-35(38)48-39(51)45-29-14-10-8-11-15-29/h8-17,27-28,31-36,38H,18-26H2,1-7H3,(H,47,53)(H2,45,48,51)(H2,46,49,52)/t27-,28+,31-,32-,33+,34+,35-,36+,38+,43+,44-/m1/s1. The van der Waals surface area contributed by atoms with Gasteiger partial charge in [-0.3, -0.25) is 4.79 Å². The van der Waals surface area contributed by atoms with Crippen molar-refractivity contribution in [1.29, 1.82) is 0 Å². The van der Waals surface area contributed by atoms with Crippen molar-refractivity contribution in [3.8, 4) is 0 Å². The number of ether oxygens (including phenoxy) is 2. The van der Waals surface area contributed by atoms with E-state index in [1.807, 2.05) is 81.4 Å². The number of esters is 1. The Balaban J connectivity index is 1.33. The molecule has 5 amide bonds. The van der Waals surface area contributed by atoms with Gasteiger partial charge in [0.2, 0.25) is 0 Å². The Morgan fingerprint density at radius 3 is 2.02 bits per heavy atom. The molecule has 11 nitrogen and oxygen atoms in total. The minimum atomic E-state index is -0.591. The Labute approximate surface area is 327 Å². The molecule has 2 aromatic carbocycles. The summed E-state index contributed by atoms with van der Waals surface area (Å²) in [6.07, 6.45) is 6.76. The van der Waals surface area contributed by atoms with Crippen LogP contribution in [-0.2, 0) is 14.3 Å². The fourth-order valence-corrected chi connectivity index (χ4v) is 11.6. The Bertz CT molecular complexity index is 1670. The zero-order valence-electron chi connectivity index (χ0n) is 33.8. The first kappa shape index (κ1) is 40.4. The molecule has 0 unspecified atom stereocenters. The van der Waals surface area contributed by atoms with Crippen LogP contribution in [0.2, 0.25) is 0 Å². The number of urea groups is 2. The van der Waals surface area contributed by atoms with Gasteiger partial charge in [0.05, 0.1) is 7.11 Å². The summed E-state index contributed by atoms with van der Waals surface area (Å²) in [5, 5.41) is 16.3. The molecule has 4 saturated carbocycles. The maximum atomic E-state index is 13.9. The van der Waals surface area contributed by atoms with Crippen LogP contribution >= 0.6 is 0 Å². The zero-order chi connectivity index (χ0) is 39.5. The second kappa shape index (κ2) is 16.4. The van der Waals surface area contributed by atoms with Gasteiger partial charge in [0.15, 0.2) is 0 Å². The maximum absolute atomic E-state index is 13.9. The van der Waals surface area contributed by atoms with Crippen LogP contribution in [0.4, 0.5) is 25.8 Å². The van der Waals surface area contributed by atoms with E-state index >= 15 is 0 Å². The number of nitrogens with one attached hydrogen (secondary N) is 5. The number of anilines is 2. The van der Waals surface area contributed by atoms with Crippen LogP contribution < -0.4 is 26.6 Å². The van der Waals surface area contributed by atoms with Gasteiger partial charge >= 0.3 is 24.1 Å². The van der Waals surface area contributed by atoms with Gasteiger partial charge < -0.3 is 36.1 Å². The number of amides is 5. The summed E-state index contributed by atoms with van der Waals surface area (Å²) in [7, 11) is 1.44. The number of benzene rings is 2. The molecule has 4 aliphatic rings. The van der Waals surface area contributed by atoms with Gasteiger partial charge in [0, 0.05) is 35.9 Å². The van der Waals surface area contributed by atoms with Crippen LogP contribution in [0.25, 0.3) is 0 Å². The largest absolute Gasteiger partial charge is 0.469 e. The lowest BCUT2D eigenvalue weighted by atomic mass is 9.42. The normalized spacial score (nSPS) is 33.0. The van der Waals surface area contributed by atoms with Crippen molar-refractivity contribution in [2.45, 2.75) is 123 Å². The van der Waals surface area contributed by atoms with Crippen molar-refractivity contribution >= 4 is 35.5 Å². The molecule has 2 aromatic rings. The quantitative estimate of drug-likeness (QED) is 0.162. The lowest BCUT2D eigenvalue weighted by Crippen LogP contribution is -2.68. The Hall–Kier alpha value is -4.28. The van der Waals surface area contributed by atoms with Gasteiger partial charge in [0.25, 0.3) is 0 Å². The first-order valence-corrected chi connectivity index (χ1v) is 20.4. The van der Waals surface area contributed by atoms with Gasteiger partial charge in [-0.05, 0) is 143 Å². The fourth-order valence-electron chi connectivity index (χ4n) is 11.6. The van der Waals surface area contributed by atoms with Gasteiger partial charge in [-0.2, -0.15) is 0 Å². The molecule has 11 heteroatoms. The van der Waals surface area contributed by atoms with Crippen LogP contribution in [0.15, 0.2) is 60.7 Å². The summed E-state index contributed by atoms with van der Waals surface area (Å²) in [4.78, 5) is 53.0. The van der Waals surface area contributed by atoms with Crippen molar-refractivity contribution in [1.82, 2.24) is 16.0 Å². The number of hydrogen-bond acceptors (Lipinski definition) is 6. The molecule has 0 saturated heterocycles. The molecule has 6 rings (SSSR count). The number of carbonyl (C=O) groups excluding carboxylic acids is 4. The predicted octanol–water partition coefficient (Wildman–Crippen LogP) is 8.73. The molecular weight excluding hydrogens is 695 g/mol. The highest BCUT2D eigenvalue weighted by Crippen LogP contribution is 2.68. The highest BCUT2D eigenvalue weighted by atomic mass is 16.6. The molecule has 0 aliphatic heterocycles. The summed E-state index contributed by atoms with van der Waals surface area (Å²) < 4.78 is 10.7. The molecular formula is C44H63N5O6. The van der Waals surface area contributed by atoms with Crippen molar-refractivity contribution in [2.24, 2.45) is 46.3 Å². The Morgan fingerprint density at radius 2 is 1.42 bits per heavy atom. The van der Waals surface area contributed by atoms with Gasteiger partial charge in [0.1, 0.15) is 5.60 Å². The van der Waals surface area contributed by atoms with E-state index in [0.717, 1.165) is 56.3 Å². The number of alkyl carbamates (subject to hydrolysis) is 1. The number of carbonyl (C=O) groups is 4. The van der Waals surface area contributed by atoms with Crippen molar-refractivity contribution in [3.05, 3.63) is 60.7 Å². The Morgan fingerprint density at radius 1 is 0.800 bits per heavy atom.